The number of benzene rings is 1. The molecule has 1 heterocycles. The Morgan fingerprint density at radius 2 is 2.15 bits per heavy atom. The molecule has 2 rings (SSSR count). The molecule has 0 aliphatic carbocycles. The topological polar surface area (TPSA) is 103 Å². The molecule has 0 aliphatic heterocycles. The highest BCUT2D eigenvalue weighted by molar-refractivity contribution is 7.89. The minimum atomic E-state index is -3.68. The summed E-state index contributed by atoms with van der Waals surface area (Å²) >= 11 is 5.92. The zero-order valence-corrected chi connectivity index (χ0v) is 12.5. The number of aryl methyl sites for hydroxylation is 2. The van der Waals surface area contributed by atoms with E-state index in [1.165, 1.54) is 18.5 Å². The fourth-order valence-electron chi connectivity index (χ4n) is 1.63. The number of anilines is 1. The molecule has 0 atom stereocenters. The third-order valence-corrected chi connectivity index (χ3v) is 4.69. The minimum absolute atomic E-state index is 0.0421. The van der Waals surface area contributed by atoms with E-state index < -0.39 is 10.0 Å². The Balaban J connectivity index is 2.25. The van der Waals surface area contributed by atoms with E-state index in [4.69, 9.17) is 17.3 Å². The lowest BCUT2D eigenvalue weighted by atomic mass is 10.2. The minimum Gasteiger partial charge on any atom is -0.397 e. The maximum atomic E-state index is 12.2. The van der Waals surface area contributed by atoms with Gasteiger partial charge < -0.3 is 10.3 Å². The molecule has 1 aromatic heterocycles. The van der Waals surface area contributed by atoms with Gasteiger partial charge in [0, 0.05) is 7.05 Å². The van der Waals surface area contributed by atoms with Crippen LogP contribution >= 0.6 is 11.6 Å². The highest BCUT2D eigenvalue weighted by Gasteiger charge is 2.17. The molecule has 2 aromatic rings. The lowest BCUT2D eigenvalue weighted by Gasteiger charge is -2.09. The fourth-order valence-corrected chi connectivity index (χ4v) is 2.84. The summed E-state index contributed by atoms with van der Waals surface area (Å²) in [7, 11) is -1.95. The average molecular weight is 316 g/mol. The first-order valence-electron chi connectivity index (χ1n) is 5.69. The predicted molar refractivity (Wildman–Crippen MR) is 75.6 cm³/mol. The monoisotopic (exact) mass is 315 g/mol. The summed E-state index contributed by atoms with van der Waals surface area (Å²) in [6, 6.07) is 2.80. The number of nitrogens with two attached hydrogens (primary N) is 1. The van der Waals surface area contributed by atoms with Crippen molar-refractivity contribution in [2.24, 2.45) is 7.05 Å². The molecular formula is C11H14ClN5O2S. The second kappa shape index (κ2) is 5.39. The van der Waals surface area contributed by atoms with Gasteiger partial charge in [0.25, 0.3) is 0 Å². The van der Waals surface area contributed by atoms with Gasteiger partial charge in [-0.3, -0.25) is 0 Å². The van der Waals surface area contributed by atoms with Crippen molar-refractivity contribution in [2.75, 3.05) is 5.73 Å². The Kier molecular flexibility index (Phi) is 3.98. The van der Waals surface area contributed by atoms with Gasteiger partial charge in [0.1, 0.15) is 12.2 Å². The number of nitrogen functional groups attached to an aromatic ring is 1. The van der Waals surface area contributed by atoms with Crippen LogP contribution in [0.25, 0.3) is 0 Å². The first-order chi connectivity index (χ1) is 9.31. The van der Waals surface area contributed by atoms with E-state index in [2.05, 4.69) is 14.9 Å². The second-order valence-corrected chi connectivity index (χ2v) is 6.47. The molecule has 0 spiro atoms. The van der Waals surface area contributed by atoms with Gasteiger partial charge in [-0.15, -0.1) is 10.2 Å². The summed E-state index contributed by atoms with van der Waals surface area (Å²) in [5.74, 6) is 0.507. The Labute approximate surface area is 121 Å². The van der Waals surface area contributed by atoms with Crippen LogP contribution in [0.3, 0.4) is 0 Å². The Morgan fingerprint density at radius 3 is 2.70 bits per heavy atom. The van der Waals surface area contributed by atoms with E-state index in [0.717, 1.165) is 0 Å². The lowest BCUT2D eigenvalue weighted by molar-refractivity contribution is 0.577. The van der Waals surface area contributed by atoms with Gasteiger partial charge in [0.2, 0.25) is 10.0 Å². The first kappa shape index (κ1) is 14.8. The SMILES string of the molecule is Cc1cc(S(=O)(=O)NCc2nncn2C)cc(N)c1Cl. The van der Waals surface area contributed by atoms with Gasteiger partial charge in [0.15, 0.2) is 0 Å². The first-order valence-corrected chi connectivity index (χ1v) is 7.55. The van der Waals surface area contributed by atoms with Crippen molar-refractivity contribution in [1.82, 2.24) is 19.5 Å². The zero-order valence-electron chi connectivity index (χ0n) is 11.0. The van der Waals surface area contributed by atoms with Gasteiger partial charge in [-0.05, 0) is 24.6 Å². The van der Waals surface area contributed by atoms with Gasteiger partial charge in [-0.1, -0.05) is 11.6 Å². The molecule has 0 bridgehead atoms. The third-order valence-electron chi connectivity index (χ3n) is 2.79. The number of aromatic nitrogens is 3. The van der Waals surface area contributed by atoms with E-state index in [-0.39, 0.29) is 17.1 Å². The number of hydrogen-bond acceptors (Lipinski definition) is 5. The third kappa shape index (κ3) is 2.92. The molecule has 0 saturated carbocycles. The number of hydrogen-bond donors (Lipinski definition) is 2. The number of rotatable bonds is 4. The maximum absolute atomic E-state index is 12.2. The van der Waals surface area contributed by atoms with E-state index in [0.29, 0.717) is 16.4 Å². The summed E-state index contributed by atoms with van der Waals surface area (Å²) in [6.45, 7) is 1.74. The molecule has 20 heavy (non-hydrogen) atoms. The highest BCUT2D eigenvalue weighted by Crippen LogP contribution is 2.26. The average Bonchev–Trinajstić information content (AvgIpc) is 2.78. The summed E-state index contributed by atoms with van der Waals surface area (Å²) in [5, 5.41) is 7.84. The predicted octanol–water partition coefficient (Wildman–Crippen LogP) is 0.838. The fraction of sp³-hybridized carbons (Fsp3) is 0.273. The van der Waals surface area contributed by atoms with Crippen LogP contribution in [0.4, 0.5) is 5.69 Å². The molecule has 0 radical (unpaired) electrons. The lowest BCUT2D eigenvalue weighted by Crippen LogP contribution is -2.25. The molecule has 0 aliphatic rings. The van der Waals surface area contributed by atoms with Crippen LogP contribution in [-0.4, -0.2) is 23.2 Å². The maximum Gasteiger partial charge on any atom is 0.241 e. The molecule has 108 valence electrons. The van der Waals surface area contributed by atoms with Crippen LogP contribution in [0.1, 0.15) is 11.4 Å². The van der Waals surface area contributed by atoms with Gasteiger partial charge >= 0.3 is 0 Å². The quantitative estimate of drug-likeness (QED) is 0.814. The van der Waals surface area contributed by atoms with Crippen molar-refractivity contribution in [1.29, 1.82) is 0 Å². The van der Waals surface area contributed by atoms with Crippen LogP contribution in [0, 0.1) is 6.92 Å². The van der Waals surface area contributed by atoms with Gasteiger partial charge in [0.05, 0.1) is 22.2 Å². The Bertz CT molecular complexity index is 718. The van der Waals surface area contributed by atoms with Crippen LogP contribution in [0.5, 0.6) is 0 Å². The Hall–Kier alpha value is -1.64. The standard InChI is InChI=1S/C11H14ClN5O2S/c1-7-3-8(4-9(13)11(7)12)20(18,19)15-5-10-16-14-6-17(10)2/h3-4,6,15H,5,13H2,1-2H3. The van der Waals surface area contributed by atoms with Gasteiger partial charge in [-0.25, -0.2) is 13.1 Å². The van der Waals surface area contributed by atoms with Crippen LogP contribution in [0.2, 0.25) is 5.02 Å². The second-order valence-electron chi connectivity index (χ2n) is 4.33. The normalized spacial score (nSPS) is 11.8. The van der Waals surface area contributed by atoms with Crippen LogP contribution in [0.15, 0.2) is 23.4 Å². The largest absolute Gasteiger partial charge is 0.397 e. The van der Waals surface area contributed by atoms with Crippen molar-refractivity contribution in [3.05, 3.63) is 34.9 Å². The van der Waals surface area contributed by atoms with E-state index in [1.54, 1.807) is 18.5 Å². The van der Waals surface area contributed by atoms with E-state index >= 15 is 0 Å². The number of sulfonamides is 1. The molecule has 9 heteroatoms. The van der Waals surface area contributed by atoms with E-state index in [1.807, 2.05) is 0 Å². The highest BCUT2D eigenvalue weighted by atomic mass is 35.5. The zero-order chi connectivity index (χ0) is 14.9. The van der Waals surface area contributed by atoms with Crippen molar-refractivity contribution in [3.8, 4) is 0 Å². The summed E-state index contributed by atoms with van der Waals surface area (Å²) in [5.41, 5.74) is 6.51. The van der Waals surface area contributed by atoms with Crippen molar-refractivity contribution in [3.63, 3.8) is 0 Å². The summed E-state index contributed by atoms with van der Waals surface area (Å²) in [6.07, 6.45) is 1.49. The summed E-state index contributed by atoms with van der Waals surface area (Å²) in [4.78, 5) is 0.0686. The van der Waals surface area contributed by atoms with Crippen molar-refractivity contribution in [2.45, 2.75) is 18.4 Å². The molecule has 7 nitrogen and oxygen atoms in total. The number of nitrogens with one attached hydrogen (secondary N) is 1. The summed E-state index contributed by atoms with van der Waals surface area (Å²) < 4.78 is 28.4. The molecule has 0 fully saturated rings. The molecule has 0 saturated heterocycles. The smallest absolute Gasteiger partial charge is 0.241 e. The van der Waals surface area contributed by atoms with Crippen molar-refractivity contribution < 1.29 is 8.42 Å². The molecule has 0 amide bonds. The molecular weight excluding hydrogens is 302 g/mol. The van der Waals surface area contributed by atoms with Crippen molar-refractivity contribution >= 4 is 27.3 Å². The van der Waals surface area contributed by atoms with Crippen LogP contribution < -0.4 is 10.5 Å². The van der Waals surface area contributed by atoms with Gasteiger partial charge in [-0.2, -0.15) is 0 Å². The number of nitrogens with zero attached hydrogens (tertiary/aromatic N) is 3. The number of halogens is 1. The Morgan fingerprint density at radius 1 is 1.45 bits per heavy atom. The van der Waals surface area contributed by atoms with E-state index in [9.17, 15) is 8.42 Å². The molecule has 3 N–H and O–H groups in total. The van der Waals surface area contributed by atoms with Crippen LogP contribution in [-0.2, 0) is 23.6 Å². The molecule has 1 aromatic carbocycles. The molecule has 0 unspecified atom stereocenters.